The second-order valence-corrected chi connectivity index (χ2v) is 7.49. The van der Waals surface area contributed by atoms with Gasteiger partial charge in [0.25, 0.3) is 15.9 Å². The standard InChI is InChI=1S/C18H23N3O3S.ClH/c1-13-5-4-6-15(11-13)21-25(23,24)16-8-7-14(2)17(12-16)18(22)20-10-9-19-3;/h4-8,11-12,19,21H,9-10H2,1-3H3,(H,20,22);1H. The normalized spacial score (nSPS) is 10.7. The molecule has 0 radical (unpaired) electrons. The second kappa shape index (κ2) is 9.56. The van der Waals surface area contributed by atoms with Crippen molar-refractivity contribution in [2.45, 2.75) is 18.7 Å². The fourth-order valence-corrected chi connectivity index (χ4v) is 3.41. The van der Waals surface area contributed by atoms with Gasteiger partial charge in [-0.05, 0) is 56.3 Å². The van der Waals surface area contributed by atoms with E-state index in [1.165, 1.54) is 12.1 Å². The number of rotatable bonds is 7. The zero-order chi connectivity index (χ0) is 18.4. The summed E-state index contributed by atoms with van der Waals surface area (Å²) in [6.07, 6.45) is 0. The second-order valence-electron chi connectivity index (χ2n) is 5.81. The van der Waals surface area contributed by atoms with Gasteiger partial charge in [-0.3, -0.25) is 9.52 Å². The molecule has 3 N–H and O–H groups in total. The molecule has 0 atom stereocenters. The number of carbonyl (C=O) groups is 1. The van der Waals surface area contributed by atoms with Gasteiger partial charge >= 0.3 is 0 Å². The Morgan fingerprint density at radius 2 is 1.77 bits per heavy atom. The first-order valence-corrected chi connectivity index (χ1v) is 9.45. The molecule has 0 aliphatic rings. The van der Waals surface area contributed by atoms with Gasteiger partial charge in [-0.1, -0.05) is 18.2 Å². The largest absolute Gasteiger partial charge is 0.351 e. The van der Waals surface area contributed by atoms with Crippen molar-refractivity contribution in [1.82, 2.24) is 10.6 Å². The van der Waals surface area contributed by atoms with Crippen LogP contribution in [0, 0.1) is 13.8 Å². The van der Waals surface area contributed by atoms with E-state index in [4.69, 9.17) is 0 Å². The van der Waals surface area contributed by atoms with Crippen molar-refractivity contribution in [1.29, 1.82) is 0 Å². The zero-order valence-corrected chi connectivity index (χ0v) is 16.6. The number of hydrogen-bond acceptors (Lipinski definition) is 4. The molecule has 0 heterocycles. The Balaban J connectivity index is 0.00000338. The van der Waals surface area contributed by atoms with E-state index in [1.807, 2.05) is 13.0 Å². The monoisotopic (exact) mass is 397 g/mol. The van der Waals surface area contributed by atoms with Gasteiger partial charge < -0.3 is 10.6 Å². The molecule has 1 amide bonds. The molecule has 0 saturated heterocycles. The Bertz CT molecular complexity index is 870. The van der Waals surface area contributed by atoms with Crippen LogP contribution in [-0.4, -0.2) is 34.5 Å². The first-order valence-electron chi connectivity index (χ1n) is 7.96. The van der Waals surface area contributed by atoms with Crippen LogP contribution in [0.2, 0.25) is 0 Å². The lowest BCUT2D eigenvalue weighted by Gasteiger charge is -2.12. The molecular weight excluding hydrogens is 374 g/mol. The van der Waals surface area contributed by atoms with E-state index in [2.05, 4.69) is 15.4 Å². The fraction of sp³-hybridized carbons (Fsp3) is 0.278. The Kier molecular flexibility index (Phi) is 8.08. The maximum atomic E-state index is 12.6. The highest BCUT2D eigenvalue weighted by Gasteiger charge is 2.18. The average molecular weight is 398 g/mol. The lowest BCUT2D eigenvalue weighted by atomic mass is 10.1. The molecule has 2 aromatic carbocycles. The summed E-state index contributed by atoms with van der Waals surface area (Å²) in [5.41, 5.74) is 2.51. The quantitative estimate of drug-likeness (QED) is 0.626. The Labute approximate surface area is 160 Å². The molecule has 0 aliphatic carbocycles. The van der Waals surface area contributed by atoms with Crippen molar-refractivity contribution < 1.29 is 13.2 Å². The van der Waals surface area contributed by atoms with Crippen molar-refractivity contribution in [2.75, 3.05) is 24.9 Å². The summed E-state index contributed by atoms with van der Waals surface area (Å²) in [5, 5.41) is 5.70. The third kappa shape index (κ3) is 5.72. The lowest BCUT2D eigenvalue weighted by Crippen LogP contribution is -2.31. The van der Waals surface area contributed by atoms with Gasteiger partial charge in [-0.15, -0.1) is 12.4 Å². The van der Waals surface area contributed by atoms with Crippen LogP contribution in [0.4, 0.5) is 5.69 Å². The van der Waals surface area contributed by atoms with Crippen LogP contribution in [-0.2, 0) is 10.0 Å². The van der Waals surface area contributed by atoms with Crippen LogP contribution in [0.15, 0.2) is 47.4 Å². The SMILES string of the molecule is CNCCNC(=O)c1cc(S(=O)(=O)Nc2cccc(C)c2)ccc1C.Cl. The average Bonchev–Trinajstić information content (AvgIpc) is 2.54. The van der Waals surface area contributed by atoms with Crippen LogP contribution < -0.4 is 15.4 Å². The van der Waals surface area contributed by atoms with Crippen LogP contribution in [0.25, 0.3) is 0 Å². The van der Waals surface area contributed by atoms with Gasteiger partial charge in [0.1, 0.15) is 0 Å². The van der Waals surface area contributed by atoms with Crippen LogP contribution in [0.3, 0.4) is 0 Å². The van der Waals surface area contributed by atoms with Gasteiger partial charge in [0.15, 0.2) is 0 Å². The summed E-state index contributed by atoms with van der Waals surface area (Å²) in [4.78, 5) is 12.3. The molecule has 0 aromatic heterocycles. The van der Waals surface area contributed by atoms with Crippen LogP contribution in [0.5, 0.6) is 0 Å². The lowest BCUT2D eigenvalue weighted by molar-refractivity contribution is 0.0953. The maximum absolute atomic E-state index is 12.6. The Morgan fingerprint density at radius 3 is 2.42 bits per heavy atom. The molecule has 8 heteroatoms. The number of hydrogen-bond donors (Lipinski definition) is 3. The molecule has 0 unspecified atom stereocenters. The van der Waals surface area contributed by atoms with Crippen LogP contribution in [0.1, 0.15) is 21.5 Å². The first kappa shape index (κ1) is 22.0. The van der Waals surface area contributed by atoms with E-state index in [9.17, 15) is 13.2 Å². The van der Waals surface area contributed by atoms with E-state index >= 15 is 0 Å². The molecule has 142 valence electrons. The minimum absolute atomic E-state index is 0. The van der Waals surface area contributed by atoms with Crippen molar-refractivity contribution in [3.05, 3.63) is 59.2 Å². The number of carbonyl (C=O) groups excluding carboxylic acids is 1. The highest BCUT2D eigenvalue weighted by atomic mass is 35.5. The molecule has 26 heavy (non-hydrogen) atoms. The first-order chi connectivity index (χ1) is 11.8. The van der Waals surface area contributed by atoms with Gasteiger partial charge in [0, 0.05) is 24.3 Å². The summed E-state index contributed by atoms with van der Waals surface area (Å²) >= 11 is 0. The third-order valence-corrected chi connectivity index (χ3v) is 5.07. The van der Waals surface area contributed by atoms with Crippen molar-refractivity contribution >= 4 is 34.0 Å². The highest BCUT2D eigenvalue weighted by Crippen LogP contribution is 2.20. The summed E-state index contributed by atoms with van der Waals surface area (Å²) in [5.74, 6) is -0.291. The molecule has 2 rings (SSSR count). The van der Waals surface area contributed by atoms with E-state index in [0.717, 1.165) is 11.1 Å². The fourth-order valence-electron chi connectivity index (χ4n) is 2.33. The van der Waals surface area contributed by atoms with Gasteiger partial charge in [-0.25, -0.2) is 8.42 Å². The molecular formula is C18H24ClN3O3S. The van der Waals surface area contributed by atoms with Crippen molar-refractivity contribution in [3.63, 3.8) is 0 Å². The van der Waals surface area contributed by atoms with E-state index in [-0.39, 0.29) is 23.2 Å². The molecule has 6 nitrogen and oxygen atoms in total. The number of likely N-dealkylation sites (N-methyl/N-ethyl adjacent to an activating group) is 1. The van der Waals surface area contributed by atoms with E-state index in [0.29, 0.717) is 24.3 Å². The smallest absolute Gasteiger partial charge is 0.261 e. The topological polar surface area (TPSA) is 87.3 Å². The number of aryl methyl sites for hydroxylation is 2. The van der Waals surface area contributed by atoms with E-state index < -0.39 is 10.0 Å². The third-order valence-electron chi connectivity index (χ3n) is 3.69. The predicted octanol–water partition coefficient (Wildman–Crippen LogP) is 2.48. The summed E-state index contributed by atoms with van der Waals surface area (Å²) in [6, 6.07) is 11.6. The summed E-state index contributed by atoms with van der Waals surface area (Å²) in [7, 11) is -1.98. The Hall–Kier alpha value is -2.09. The molecule has 0 spiro atoms. The molecule has 0 saturated carbocycles. The summed E-state index contributed by atoms with van der Waals surface area (Å²) in [6.45, 7) is 4.76. The van der Waals surface area contributed by atoms with E-state index in [1.54, 1.807) is 38.2 Å². The van der Waals surface area contributed by atoms with Gasteiger partial charge in [0.2, 0.25) is 0 Å². The number of nitrogens with one attached hydrogen (secondary N) is 3. The molecule has 2 aromatic rings. The minimum Gasteiger partial charge on any atom is -0.351 e. The molecule has 0 bridgehead atoms. The van der Waals surface area contributed by atoms with Crippen molar-refractivity contribution in [3.8, 4) is 0 Å². The van der Waals surface area contributed by atoms with Crippen LogP contribution >= 0.6 is 12.4 Å². The predicted molar refractivity (Wildman–Crippen MR) is 107 cm³/mol. The number of anilines is 1. The maximum Gasteiger partial charge on any atom is 0.261 e. The zero-order valence-electron chi connectivity index (χ0n) is 15.0. The van der Waals surface area contributed by atoms with Gasteiger partial charge in [0.05, 0.1) is 4.90 Å². The van der Waals surface area contributed by atoms with Gasteiger partial charge in [-0.2, -0.15) is 0 Å². The Morgan fingerprint density at radius 1 is 1.04 bits per heavy atom. The number of sulfonamides is 1. The number of halogens is 1. The highest BCUT2D eigenvalue weighted by molar-refractivity contribution is 7.92. The minimum atomic E-state index is -3.77. The number of amides is 1. The summed E-state index contributed by atoms with van der Waals surface area (Å²) < 4.78 is 27.8. The molecule has 0 aliphatic heterocycles. The number of benzene rings is 2. The van der Waals surface area contributed by atoms with Crippen molar-refractivity contribution in [2.24, 2.45) is 0 Å². The molecule has 0 fully saturated rings.